The van der Waals surface area contributed by atoms with Crippen molar-refractivity contribution in [1.29, 1.82) is 0 Å². The molecule has 3 N–H and O–H groups in total. The number of aliphatic hydroxyl groups excluding tert-OH is 1. The van der Waals surface area contributed by atoms with Gasteiger partial charge in [0.25, 0.3) is 0 Å². The lowest BCUT2D eigenvalue weighted by Gasteiger charge is -2.34. The van der Waals surface area contributed by atoms with E-state index in [1.807, 2.05) is 0 Å². The van der Waals surface area contributed by atoms with E-state index in [0.717, 1.165) is 13.1 Å². The normalized spacial score (nSPS) is 28.8. The summed E-state index contributed by atoms with van der Waals surface area (Å²) in [6, 6.07) is 0.625. The van der Waals surface area contributed by atoms with Crippen molar-refractivity contribution >= 4 is 0 Å². The Balaban J connectivity index is 2.28. The van der Waals surface area contributed by atoms with Crippen LogP contribution in [0.2, 0.25) is 0 Å². The van der Waals surface area contributed by atoms with Crippen LogP contribution in [0.25, 0.3) is 0 Å². The van der Waals surface area contributed by atoms with Gasteiger partial charge in [0.1, 0.15) is 0 Å². The fraction of sp³-hybridized carbons (Fsp3) is 1.00. The second kappa shape index (κ2) is 4.80. The van der Waals surface area contributed by atoms with E-state index in [1.54, 1.807) is 0 Å². The molecule has 2 unspecified atom stereocenters. The van der Waals surface area contributed by atoms with Crippen LogP contribution in [0.4, 0.5) is 0 Å². The Labute approximate surface area is 74.5 Å². The summed E-state index contributed by atoms with van der Waals surface area (Å²) in [6.45, 7) is 4.47. The van der Waals surface area contributed by atoms with Gasteiger partial charge in [0, 0.05) is 19.1 Å². The zero-order valence-electron chi connectivity index (χ0n) is 7.87. The van der Waals surface area contributed by atoms with Gasteiger partial charge in [-0.15, -0.1) is 0 Å². The van der Waals surface area contributed by atoms with Crippen molar-refractivity contribution in [3.63, 3.8) is 0 Å². The van der Waals surface area contributed by atoms with Gasteiger partial charge in [0.05, 0.1) is 6.10 Å². The number of hydrogen-bond donors (Lipinski definition) is 2. The second-order valence-corrected chi connectivity index (χ2v) is 3.73. The standard InChI is InChI=1S/C9H20N2O/c1-8-4-2-3-5-11(8)7-9(12)6-10/h8-9,12H,2-7,10H2,1H3. The summed E-state index contributed by atoms with van der Waals surface area (Å²) in [6.07, 6.45) is 3.51. The van der Waals surface area contributed by atoms with E-state index in [-0.39, 0.29) is 6.10 Å². The lowest BCUT2D eigenvalue weighted by molar-refractivity contribution is 0.0779. The molecule has 0 saturated carbocycles. The van der Waals surface area contributed by atoms with E-state index in [4.69, 9.17) is 5.73 Å². The lowest BCUT2D eigenvalue weighted by atomic mass is 10.0. The molecule has 0 amide bonds. The topological polar surface area (TPSA) is 49.5 Å². The highest BCUT2D eigenvalue weighted by Crippen LogP contribution is 2.15. The smallest absolute Gasteiger partial charge is 0.0789 e. The molecular weight excluding hydrogens is 152 g/mol. The first-order chi connectivity index (χ1) is 5.74. The predicted octanol–water partition coefficient (Wildman–Crippen LogP) is 0.180. The van der Waals surface area contributed by atoms with E-state index in [2.05, 4.69) is 11.8 Å². The third kappa shape index (κ3) is 2.73. The lowest BCUT2D eigenvalue weighted by Crippen LogP contribution is -2.44. The molecule has 1 fully saturated rings. The SMILES string of the molecule is CC1CCCCN1CC(O)CN. The monoisotopic (exact) mass is 172 g/mol. The average Bonchev–Trinajstić information content (AvgIpc) is 2.09. The Morgan fingerprint density at radius 2 is 2.33 bits per heavy atom. The highest BCUT2D eigenvalue weighted by atomic mass is 16.3. The summed E-state index contributed by atoms with van der Waals surface area (Å²) in [5.74, 6) is 0. The number of piperidine rings is 1. The molecule has 1 rings (SSSR count). The predicted molar refractivity (Wildman–Crippen MR) is 49.9 cm³/mol. The molecule has 72 valence electrons. The number of rotatable bonds is 3. The van der Waals surface area contributed by atoms with Crippen molar-refractivity contribution in [3.05, 3.63) is 0 Å². The summed E-state index contributed by atoms with van der Waals surface area (Å²) in [5, 5.41) is 9.36. The highest BCUT2D eigenvalue weighted by molar-refractivity contribution is 4.75. The Morgan fingerprint density at radius 3 is 2.92 bits per heavy atom. The third-order valence-corrected chi connectivity index (χ3v) is 2.66. The van der Waals surface area contributed by atoms with Gasteiger partial charge in [0.2, 0.25) is 0 Å². The summed E-state index contributed by atoms with van der Waals surface area (Å²) in [4.78, 5) is 2.33. The van der Waals surface area contributed by atoms with Crippen LogP contribution in [0, 0.1) is 0 Å². The fourth-order valence-corrected chi connectivity index (χ4v) is 1.77. The van der Waals surface area contributed by atoms with E-state index in [0.29, 0.717) is 12.6 Å². The molecule has 0 aromatic heterocycles. The molecule has 1 aliphatic heterocycles. The van der Waals surface area contributed by atoms with Gasteiger partial charge >= 0.3 is 0 Å². The van der Waals surface area contributed by atoms with E-state index < -0.39 is 0 Å². The molecule has 3 heteroatoms. The van der Waals surface area contributed by atoms with Gasteiger partial charge in [0.15, 0.2) is 0 Å². The largest absolute Gasteiger partial charge is 0.390 e. The van der Waals surface area contributed by atoms with E-state index >= 15 is 0 Å². The molecule has 0 aromatic carbocycles. The Hall–Kier alpha value is -0.120. The molecule has 1 aliphatic rings. The first-order valence-electron chi connectivity index (χ1n) is 4.86. The van der Waals surface area contributed by atoms with Crippen molar-refractivity contribution in [2.45, 2.75) is 38.3 Å². The van der Waals surface area contributed by atoms with Crippen LogP contribution in [0.3, 0.4) is 0 Å². The number of hydrogen-bond acceptors (Lipinski definition) is 3. The Bertz CT molecular complexity index is 130. The van der Waals surface area contributed by atoms with Crippen molar-refractivity contribution in [3.8, 4) is 0 Å². The van der Waals surface area contributed by atoms with E-state index in [1.165, 1.54) is 19.3 Å². The molecule has 12 heavy (non-hydrogen) atoms. The minimum atomic E-state index is -0.342. The first kappa shape index (κ1) is 9.96. The number of nitrogens with zero attached hydrogens (tertiary/aromatic N) is 1. The van der Waals surface area contributed by atoms with Gasteiger partial charge < -0.3 is 10.8 Å². The van der Waals surface area contributed by atoms with Crippen molar-refractivity contribution in [1.82, 2.24) is 4.90 Å². The molecule has 0 spiro atoms. The molecule has 1 saturated heterocycles. The maximum absolute atomic E-state index is 9.36. The number of nitrogens with two attached hydrogens (primary N) is 1. The molecule has 1 heterocycles. The van der Waals surface area contributed by atoms with Crippen molar-refractivity contribution in [2.24, 2.45) is 5.73 Å². The molecule has 0 radical (unpaired) electrons. The molecule has 0 aliphatic carbocycles. The van der Waals surface area contributed by atoms with Gasteiger partial charge in [-0.25, -0.2) is 0 Å². The molecular formula is C9H20N2O. The van der Waals surface area contributed by atoms with Crippen LogP contribution in [0.1, 0.15) is 26.2 Å². The van der Waals surface area contributed by atoms with Crippen molar-refractivity contribution < 1.29 is 5.11 Å². The summed E-state index contributed by atoms with van der Waals surface area (Å²) in [7, 11) is 0. The Kier molecular flexibility index (Phi) is 3.98. The minimum absolute atomic E-state index is 0.342. The van der Waals surface area contributed by atoms with Gasteiger partial charge in [-0.2, -0.15) is 0 Å². The van der Waals surface area contributed by atoms with Crippen LogP contribution in [0.5, 0.6) is 0 Å². The van der Waals surface area contributed by atoms with Crippen LogP contribution >= 0.6 is 0 Å². The van der Waals surface area contributed by atoms with Gasteiger partial charge in [-0.3, -0.25) is 4.90 Å². The quantitative estimate of drug-likeness (QED) is 0.638. The number of aliphatic hydroxyl groups is 1. The first-order valence-corrected chi connectivity index (χ1v) is 4.86. The van der Waals surface area contributed by atoms with Gasteiger partial charge in [-0.05, 0) is 26.3 Å². The minimum Gasteiger partial charge on any atom is -0.390 e. The fourth-order valence-electron chi connectivity index (χ4n) is 1.77. The zero-order chi connectivity index (χ0) is 8.97. The summed E-state index contributed by atoms with van der Waals surface area (Å²) in [5.41, 5.74) is 5.36. The van der Waals surface area contributed by atoms with Gasteiger partial charge in [-0.1, -0.05) is 6.42 Å². The Morgan fingerprint density at radius 1 is 1.58 bits per heavy atom. The molecule has 2 atom stereocenters. The molecule has 3 nitrogen and oxygen atoms in total. The summed E-state index contributed by atoms with van der Waals surface area (Å²) < 4.78 is 0. The maximum atomic E-state index is 9.36. The molecule has 0 bridgehead atoms. The average molecular weight is 172 g/mol. The van der Waals surface area contributed by atoms with Crippen LogP contribution in [-0.4, -0.2) is 41.8 Å². The second-order valence-electron chi connectivity index (χ2n) is 3.73. The van der Waals surface area contributed by atoms with Crippen LogP contribution in [0.15, 0.2) is 0 Å². The van der Waals surface area contributed by atoms with Crippen molar-refractivity contribution in [2.75, 3.05) is 19.6 Å². The third-order valence-electron chi connectivity index (χ3n) is 2.66. The molecule has 0 aromatic rings. The zero-order valence-corrected chi connectivity index (χ0v) is 7.87. The summed E-state index contributed by atoms with van der Waals surface area (Å²) >= 11 is 0. The number of likely N-dealkylation sites (tertiary alicyclic amines) is 1. The highest BCUT2D eigenvalue weighted by Gasteiger charge is 2.19. The number of β-amino-alcohol motifs (C(OH)–C–C–N with tert-alkyl or cyclic N) is 1. The van der Waals surface area contributed by atoms with Crippen LogP contribution < -0.4 is 5.73 Å². The van der Waals surface area contributed by atoms with E-state index in [9.17, 15) is 5.11 Å². The van der Waals surface area contributed by atoms with Crippen LogP contribution in [-0.2, 0) is 0 Å². The maximum Gasteiger partial charge on any atom is 0.0789 e.